The molecule has 27 heavy (non-hydrogen) atoms. The van der Waals surface area contributed by atoms with Gasteiger partial charge < -0.3 is 10.1 Å². The zero-order valence-corrected chi connectivity index (χ0v) is 17.2. The number of carbonyl (C=O) groups excluding carboxylic acids is 1. The van der Waals surface area contributed by atoms with Crippen LogP contribution in [0.2, 0.25) is 0 Å². The summed E-state index contributed by atoms with van der Waals surface area (Å²) in [5, 5.41) is 6.20. The second-order valence-corrected chi connectivity index (χ2v) is 8.22. The van der Waals surface area contributed by atoms with E-state index in [0.717, 1.165) is 32.7 Å². The van der Waals surface area contributed by atoms with Crippen LogP contribution in [0.25, 0.3) is 0 Å². The van der Waals surface area contributed by atoms with Crippen molar-refractivity contribution in [2.24, 2.45) is 0 Å². The molecule has 0 aliphatic heterocycles. The molecule has 0 fully saturated rings. The number of methoxy groups -OCH3 is 1. The molecule has 1 aromatic heterocycles. The first-order valence-corrected chi connectivity index (χ1v) is 10.5. The van der Waals surface area contributed by atoms with Gasteiger partial charge in [-0.1, -0.05) is 18.2 Å². The average molecular weight is 399 g/mol. The lowest BCUT2D eigenvalue weighted by atomic mass is 10.1. The van der Waals surface area contributed by atoms with Crippen LogP contribution in [0.5, 0.6) is 5.75 Å². The molecule has 0 saturated carbocycles. The molecular weight excluding hydrogens is 376 g/mol. The van der Waals surface area contributed by atoms with Gasteiger partial charge in [0, 0.05) is 27.2 Å². The first-order valence-electron chi connectivity index (χ1n) is 8.64. The Morgan fingerprint density at radius 2 is 1.96 bits per heavy atom. The van der Waals surface area contributed by atoms with E-state index in [-0.39, 0.29) is 11.9 Å². The summed E-state index contributed by atoms with van der Waals surface area (Å²) < 4.78 is 5.38. The summed E-state index contributed by atoms with van der Waals surface area (Å²) in [5.41, 5.74) is 2.69. The highest BCUT2D eigenvalue weighted by molar-refractivity contribution is 7.98. The van der Waals surface area contributed by atoms with Crippen LogP contribution < -0.4 is 10.1 Å². The van der Waals surface area contributed by atoms with E-state index in [0.29, 0.717) is 5.56 Å². The van der Waals surface area contributed by atoms with Crippen LogP contribution in [0.3, 0.4) is 0 Å². The average Bonchev–Trinajstić information content (AvgIpc) is 3.11. The predicted molar refractivity (Wildman–Crippen MR) is 112 cm³/mol. The molecule has 0 aliphatic carbocycles. The van der Waals surface area contributed by atoms with Gasteiger partial charge in [-0.3, -0.25) is 4.79 Å². The number of ether oxygens (including phenoxy) is 1. The molecule has 4 nitrogen and oxygen atoms in total. The van der Waals surface area contributed by atoms with Crippen molar-refractivity contribution in [2.75, 3.05) is 7.11 Å². The fourth-order valence-electron chi connectivity index (χ4n) is 2.72. The zero-order chi connectivity index (χ0) is 19.2. The largest absolute Gasteiger partial charge is 0.496 e. The minimum atomic E-state index is -0.143. The minimum Gasteiger partial charge on any atom is -0.496 e. The van der Waals surface area contributed by atoms with Gasteiger partial charge in [-0.05, 0) is 44.2 Å². The van der Waals surface area contributed by atoms with E-state index >= 15 is 0 Å². The van der Waals surface area contributed by atoms with E-state index in [4.69, 9.17) is 4.74 Å². The number of aromatic nitrogens is 1. The molecule has 0 spiro atoms. The highest BCUT2D eigenvalue weighted by Gasteiger charge is 2.14. The summed E-state index contributed by atoms with van der Waals surface area (Å²) in [5.74, 6) is 1.51. The fourth-order valence-corrected chi connectivity index (χ4v) is 4.23. The van der Waals surface area contributed by atoms with Gasteiger partial charge in [0.1, 0.15) is 5.75 Å². The van der Waals surface area contributed by atoms with Crippen LogP contribution in [0.15, 0.2) is 58.8 Å². The van der Waals surface area contributed by atoms with Gasteiger partial charge in [-0.15, -0.1) is 23.1 Å². The maximum Gasteiger partial charge on any atom is 0.251 e. The second-order valence-electron chi connectivity index (χ2n) is 6.11. The number of rotatable bonds is 7. The topological polar surface area (TPSA) is 51.2 Å². The van der Waals surface area contributed by atoms with E-state index in [2.05, 4.69) is 15.7 Å². The zero-order valence-electron chi connectivity index (χ0n) is 15.6. The number of nitrogens with zero attached hydrogens (tertiary/aromatic N) is 1. The van der Waals surface area contributed by atoms with E-state index in [1.54, 1.807) is 30.2 Å². The van der Waals surface area contributed by atoms with E-state index in [1.165, 1.54) is 0 Å². The summed E-state index contributed by atoms with van der Waals surface area (Å²) in [6.07, 6.45) is 0. The Labute approximate surface area is 168 Å². The molecule has 0 radical (unpaired) electrons. The number of benzene rings is 2. The van der Waals surface area contributed by atoms with E-state index < -0.39 is 0 Å². The van der Waals surface area contributed by atoms with Gasteiger partial charge >= 0.3 is 0 Å². The van der Waals surface area contributed by atoms with Gasteiger partial charge in [-0.2, -0.15) is 0 Å². The van der Waals surface area contributed by atoms with Crippen LogP contribution in [0, 0.1) is 6.92 Å². The van der Waals surface area contributed by atoms with Crippen LogP contribution in [-0.2, 0) is 5.75 Å². The van der Waals surface area contributed by atoms with Crippen molar-refractivity contribution < 1.29 is 9.53 Å². The third-order valence-electron chi connectivity index (χ3n) is 4.12. The van der Waals surface area contributed by atoms with Gasteiger partial charge in [-0.25, -0.2) is 4.98 Å². The lowest BCUT2D eigenvalue weighted by Gasteiger charge is -2.17. The Morgan fingerprint density at radius 3 is 2.63 bits per heavy atom. The number of carbonyl (C=O) groups is 1. The van der Waals surface area contributed by atoms with Crippen LogP contribution >= 0.6 is 23.1 Å². The highest BCUT2D eigenvalue weighted by atomic mass is 32.2. The van der Waals surface area contributed by atoms with Gasteiger partial charge in [0.25, 0.3) is 5.91 Å². The maximum absolute atomic E-state index is 12.6. The fraction of sp³-hybridized carbons (Fsp3) is 0.238. The molecule has 2 aromatic carbocycles. The SMILES string of the molecule is COc1ccccc1C(C)NC(=O)c1ccc(SCc2csc(C)n2)cc1. The van der Waals surface area contributed by atoms with Gasteiger partial charge in [0.2, 0.25) is 0 Å². The molecule has 0 aliphatic rings. The molecule has 6 heteroatoms. The molecule has 140 valence electrons. The lowest BCUT2D eigenvalue weighted by molar-refractivity contribution is 0.0939. The third-order valence-corrected chi connectivity index (χ3v) is 5.99. The number of aryl methyl sites for hydroxylation is 1. The van der Waals surface area contributed by atoms with Crippen molar-refractivity contribution in [3.8, 4) is 5.75 Å². The molecule has 1 unspecified atom stereocenters. The Hall–Kier alpha value is -2.31. The highest BCUT2D eigenvalue weighted by Crippen LogP contribution is 2.26. The molecule has 1 amide bonds. The molecule has 0 saturated heterocycles. The predicted octanol–water partition coefficient (Wildman–Crippen LogP) is 5.24. The molecule has 0 bridgehead atoms. The van der Waals surface area contributed by atoms with Crippen LogP contribution in [-0.4, -0.2) is 18.0 Å². The van der Waals surface area contributed by atoms with E-state index in [9.17, 15) is 4.79 Å². The number of para-hydroxylation sites is 1. The Kier molecular flexibility index (Phi) is 6.53. The number of hydrogen-bond acceptors (Lipinski definition) is 5. The molecule has 1 N–H and O–H groups in total. The first-order chi connectivity index (χ1) is 13.1. The van der Waals surface area contributed by atoms with Crippen molar-refractivity contribution in [3.05, 3.63) is 75.7 Å². The summed E-state index contributed by atoms with van der Waals surface area (Å²) in [6, 6.07) is 15.3. The molecular formula is C21H22N2O2S2. The van der Waals surface area contributed by atoms with Gasteiger partial charge in [0.05, 0.1) is 23.9 Å². The minimum absolute atomic E-state index is 0.0971. The molecule has 1 atom stereocenters. The van der Waals surface area contributed by atoms with E-state index in [1.807, 2.05) is 62.4 Å². The second kappa shape index (κ2) is 9.06. The van der Waals surface area contributed by atoms with Gasteiger partial charge in [0.15, 0.2) is 0 Å². The Balaban J connectivity index is 1.60. The third kappa shape index (κ3) is 5.11. The van der Waals surface area contributed by atoms with Crippen LogP contribution in [0.4, 0.5) is 0 Å². The van der Waals surface area contributed by atoms with Crippen LogP contribution in [0.1, 0.15) is 39.6 Å². The Morgan fingerprint density at radius 1 is 1.22 bits per heavy atom. The number of thioether (sulfide) groups is 1. The van der Waals surface area contributed by atoms with Crippen molar-refractivity contribution in [1.29, 1.82) is 0 Å². The number of thiazole rings is 1. The summed E-state index contributed by atoms with van der Waals surface area (Å²) in [4.78, 5) is 18.1. The van der Waals surface area contributed by atoms with Crippen molar-refractivity contribution >= 4 is 29.0 Å². The summed E-state index contributed by atoms with van der Waals surface area (Å²) in [7, 11) is 1.64. The van der Waals surface area contributed by atoms with Crippen molar-refractivity contribution in [1.82, 2.24) is 10.3 Å². The summed E-state index contributed by atoms with van der Waals surface area (Å²) in [6.45, 7) is 3.97. The maximum atomic E-state index is 12.6. The molecule has 3 aromatic rings. The number of nitrogens with one attached hydrogen (secondary N) is 1. The Bertz CT molecular complexity index is 907. The number of amides is 1. The van der Waals surface area contributed by atoms with Crippen molar-refractivity contribution in [3.63, 3.8) is 0 Å². The molecule has 3 rings (SSSR count). The standard InChI is InChI=1S/C21H22N2O2S2/c1-14(19-6-4-5-7-20(19)25-3)22-21(24)16-8-10-18(11-9-16)27-13-17-12-26-15(2)23-17/h4-12,14H,13H2,1-3H3,(H,22,24). The molecule has 1 heterocycles. The quantitative estimate of drug-likeness (QED) is 0.553. The normalized spacial score (nSPS) is 11.8. The lowest BCUT2D eigenvalue weighted by Crippen LogP contribution is -2.26. The summed E-state index contributed by atoms with van der Waals surface area (Å²) >= 11 is 3.38. The first kappa shape index (κ1) is 19.5. The van der Waals surface area contributed by atoms with Crippen molar-refractivity contribution in [2.45, 2.75) is 30.5 Å². The number of hydrogen-bond donors (Lipinski definition) is 1. The monoisotopic (exact) mass is 398 g/mol. The smallest absolute Gasteiger partial charge is 0.251 e.